The second-order valence-corrected chi connectivity index (χ2v) is 5.11. The molecule has 0 fully saturated rings. The Labute approximate surface area is 137 Å². The van der Waals surface area contributed by atoms with Crippen molar-refractivity contribution in [2.45, 2.75) is 13.1 Å². The molecule has 2 aromatic carbocycles. The Hall–Kier alpha value is -2.70. The van der Waals surface area contributed by atoms with Gasteiger partial charge in [0.15, 0.2) is 0 Å². The number of carbonyl (C=O) groups excluding carboxylic acids is 1. The largest absolute Gasteiger partial charge is 0.496 e. The molecule has 4 nitrogen and oxygen atoms in total. The van der Waals surface area contributed by atoms with Crippen molar-refractivity contribution >= 4 is 17.3 Å². The van der Waals surface area contributed by atoms with Crippen molar-refractivity contribution in [3.8, 4) is 5.75 Å². The van der Waals surface area contributed by atoms with Gasteiger partial charge in [-0.15, -0.1) is 0 Å². The number of hydrogen-bond acceptors (Lipinski definition) is 3. The molecule has 0 saturated heterocycles. The van der Waals surface area contributed by atoms with E-state index in [0.29, 0.717) is 11.4 Å². The van der Waals surface area contributed by atoms with Crippen LogP contribution in [0.4, 0.5) is 24.5 Å². The number of carbonyl (C=O) groups is 1. The molecular formula is C17H17F3N2O2. The predicted molar refractivity (Wildman–Crippen MR) is 86.7 cm³/mol. The fourth-order valence-corrected chi connectivity index (χ4v) is 2.34. The molecule has 0 bridgehead atoms. The summed E-state index contributed by atoms with van der Waals surface area (Å²) in [5, 5.41) is 5.35. The molecule has 128 valence electrons. The van der Waals surface area contributed by atoms with Gasteiger partial charge < -0.3 is 15.4 Å². The van der Waals surface area contributed by atoms with Crippen LogP contribution in [0, 0.1) is 6.92 Å². The van der Waals surface area contributed by atoms with Gasteiger partial charge in [0.25, 0.3) is 5.91 Å². The molecular weight excluding hydrogens is 321 g/mol. The third-order valence-corrected chi connectivity index (χ3v) is 3.54. The molecule has 0 aromatic heterocycles. The molecule has 0 heterocycles. The molecule has 7 heteroatoms. The summed E-state index contributed by atoms with van der Waals surface area (Å²) < 4.78 is 44.1. The molecule has 1 amide bonds. The van der Waals surface area contributed by atoms with Crippen LogP contribution in [0.1, 0.15) is 21.5 Å². The number of anilines is 2. The van der Waals surface area contributed by atoms with E-state index in [1.807, 2.05) is 0 Å². The SMILES string of the molecule is CNc1cccc(OC)c1C(=O)Nc1ccc(C)c(C(F)(F)F)c1. The Morgan fingerprint density at radius 1 is 1.17 bits per heavy atom. The molecule has 24 heavy (non-hydrogen) atoms. The molecule has 0 spiro atoms. The van der Waals surface area contributed by atoms with E-state index in [4.69, 9.17) is 4.74 Å². The summed E-state index contributed by atoms with van der Waals surface area (Å²) in [4.78, 5) is 12.5. The lowest BCUT2D eigenvalue weighted by atomic mass is 10.1. The van der Waals surface area contributed by atoms with E-state index in [-0.39, 0.29) is 16.8 Å². The van der Waals surface area contributed by atoms with Crippen molar-refractivity contribution in [3.63, 3.8) is 0 Å². The van der Waals surface area contributed by atoms with Crippen molar-refractivity contribution in [1.82, 2.24) is 0 Å². The number of ether oxygens (including phenoxy) is 1. The average Bonchev–Trinajstić information content (AvgIpc) is 2.54. The maximum atomic E-state index is 13.0. The zero-order chi connectivity index (χ0) is 17.9. The molecule has 2 aromatic rings. The normalized spacial score (nSPS) is 11.1. The van der Waals surface area contributed by atoms with E-state index in [2.05, 4.69) is 10.6 Å². The van der Waals surface area contributed by atoms with Crippen LogP contribution in [-0.4, -0.2) is 20.1 Å². The van der Waals surface area contributed by atoms with Crippen LogP contribution in [-0.2, 0) is 6.18 Å². The van der Waals surface area contributed by atoms with Crippen LogP contribution in [0.15, 0.2) is 36.4 Å². The van der Waals surface area contributed by atoms with Crippen molar-refractivity contribution in [1.29, 1.82) is 0 Å². The highest BCUT2D eigenvalue weighted by Crippen LogP contribution is 2.34. The van der Waals surface area contributed by atoms with E-state index >= 15 is 0 Å². The summed E-state index contributed by atoms with van der Waals surface area (Å²) in [6.07, 6.45) is -4.48. The molecule has 0 radical (unpaired) electrons. The van der Waals surface area contributed by atoms with Gasteiger partial charge in [0, 0.05) is 12.7 Å². The van der Waals surface area contributed by atoms with Gasteiger partial charge in [0.1, 0.15) is 11.3 Å². The number of aryl methyl sites for hydroxylation is 1. The highest BCUT2D eigenvalue weighted by atomic mass is 19.4. The zero-order valence-electron chi connectivity index (χ0n) is 13.4. The van der Waals surface area contributed by atoms with Gasteiger partial charge in [-0.3, -0.25) is 4.79 Å². The minimum absolute atomic E-state index is 0.0610. The number of alkyl halides is 3. The number of amides is 1. The number of methoxy groups -OCH3 is 1. The Morgan fingerprint density at radius 2 is 1.88 bits per heavy atom. The summed E-state index contributed by atoms with van der Waals surface area (Å²) in [7, 11) is 3.05. The lowest BCUT2D eigenvalue weighted by Crippen LogP contribution is -2.16. The standard InChI is InChI=1S/C17H17F3N2O2/c1-10-7-8-11(9-12(10)17(18,19)20)22-16(23)15-13(21-2)5-4-6-14(15)24-3/h4-9,21H,1-3H3,(H,22,23). The molecule has 2 N–H and O–H groups in total. The third kappa shape index (κ3) is 3.61. The highest BCUT2D eigenvalue weighted by Gasteiger charge is 2.32. The first kappa shape index (κ1) is 17.7. The second kappa shape index (κ2) is 6.82. The van der Waals surface area contributed by atoms with Crippen LogP contribution in [0.3, 0.4) is 0 Å². The van der Waals surface area contributed by atoms with E-state index < -0.39 is 17.6 Å². The topological polar surface area (TPSA) is 50.4 Å². The van der Waals surface area contributed by atoms with Crippen LogP contribution in [0.25, 0.3) is 0 Å². The number of halogens is 3. The number of nitrogens with one attached hydrogen (secondary N) is 2. The smallest absolute Gasteiger partial charge is 0.416 e. The fourth-order valence-electron chi connectivity index (χ4n) is 2.34. The van der Waals surface area contributed by atoms with Crippen molar-refractivity contribution < 1.29 is 22.7 Å². The van der Waals surface area contributed by atoms with Crippen LogP contribution >= 0.6 is 0 Å². The summed E-state index contributed by atoms with van der Waals surface area (Å²) >= 11 is 0. The van der Waals surface area contributed by atoms with Gasteiger partial charge in [0.2, 0.25) is 0 Å². The van der Waals surface area contributed by atoms with E-state index in [1.54, 1.807) is 25.2 Å². The van der Waals surface area contributed by atoms with Crippen molar-refractivity contribution in [3.05, 3.63) is 53.1 Å². The van der Waals surface area contributed by atoms with Gasteiger partial charge in [-0.05, 0) is 36.8 Å². The first-order valence-corrected chi connectivity index (χ1v) is 7.12. The fraction of sp³-hybridized carbons (Fsp3) is 0.235. The Morgan fingerprint density at radius 3 is 2.46 bits per heavy atom. The summed E-state index contributed by atoms with van der Waals surface area (Å²) in [5.74, 6) is -0.240. The van der Waals surface area contributed by atoms with E-state index in [9.17, 15) is 18.0 Å². The summed E-state index contributed by atoms with van der Waals surface area (Å²) in [6.45, 7) is 1.37. The van der Waals surface area contributed by atoms with Crippen molar-refractivity contribution in [2.24, 2.45) is 0 Å². The minimum atomic E-state index is -4.48. The van der Waals surface area contributed by atoms with E-state index in [0.717, 1.165) is 6.07 Å². The molecule has 0 aliphatic heterocycles. The van der Waals surface area contributed by atoms with Gasteiger partial charge in [-0.25, -0.2) is 0 Å². The van der Waals surface area contributed by atoms with Crippen LogP contribution in [0.2, 0.25) is 0 Å². The average molecular weight is 338 g/mol. The molecule has 0 saturated carbocycles. The van der Waals surface area contributed by atoms with Gasteiger partial charge in [0.05, 0.1) is 18.4 Å². The van der Waals surface area contributed by atoms with E-state index in [1.165, 1.54) is 26.2 Å². The number of hydrogen-bond donors (Lipinski definition) is 2. The Bertz CT molecular complexity index is 736. The number of rotatable bonds is 4. The minimum Gasteiger partial charge on any atom is -0.496 e. The maximum Gasteiger partial charge on any atom is 0.416 e. The lowest BCUT2D eigenvalue weighted by molar-refractivity contribution is -0.138. The summed E-state index contributed by atoms with van der Waals surface area (Å²) in [6, 6.07) is 8.65. The van der Waals surface area contributed by atoms with Crippen LogP contribution in [0.5, 0.6) is 5.75 Å². The molecule has 0 atom stereocenters. The van der Waals surface area contributed by atoms with Gasteiger partial charge in [-0.2, -0.15) is 13.2 Å². The highest BCUT2D eigenvalue weighted by molar-refractivity contribution is 6.10. The summed E-state index contributed by atoms with van der Waals surface area (Å²) in [5.41, 5.74) is 0.0976. The molecule has 2 rings (SSSR count). The molecule has 0 unspecified atom stereocenters. The van der Waals surface area contributed by atoms with Gasteiger partial charge in [-0.1, -0.05) is 12.1 Å². The Balaban J connectivity index is 2.38. The monoisotopic (exact) mass is 338 g/mol. The van der Waals surface area contributed by atoms with Crippen molar-refractivity contribution in [2.75, 3.05) is 24.8 Å². The first-order chi connectivity index (χ1) is 11.3. The van der Waals surface area contributed by atoms with Gasteiger partial charge >= 0.3 is 6.18 Å². The maximum absolute atomic E-state index is 13.0. The van der Waals surface area contributed by atoms with Crippen LogP contribution < -0.4 is 15.4 Å². The quantitative estimate of drug-likeness (QED) is 0.873. The second-order valence-electron chi connectivity index (χ2n) is 5.11. The zero-order valence-corrected chi connectivity index (χ0v) is 13.4. The number of benzene rings is 2. The lowest BCUT2D eigenvalue weighted by Gasteiger charge is -2.15. The molecule has 0 aliphatic rings. The third-order valence-electron chi connectivity index (χ3n) is 3.54. The Kier molecular flexibility index (Phi) is 5.02. The first-order valence-electron chi connectivity index (χ1n) is 7.12. The molecule has 0 aliphatic carbocycles. The predicted octanol–water partition coefficient (Wildman–Crippen LogP) is 4.32.